The van der Waals surface area contributed by atoms with Crippen LogP contribution in [-0.2, 0) is 27.3 Å². The van der Waals surface area contributed by atoms with Crippen LogP contribution >= 0.6 is 0 Å². The van der Waals surface area contributed by atoms with Crippen molar-refractivity contribution in [2.24, 2.45) is 5.92 Å². The Morgan fingerprint density at radius 3 is 2.58 bits per heavy atom. The topological polar surface area (TPSA) is 67.4 Å². The van der Waals surface area contributed by atoms with Gasteiger partial charge < -0.3 is 15.4 Å². The van der Waals surface area contributed by atoms with E-state index in [1.165, 1.54) is 5.56 Å². The Morgan fingerprint density at radius 2 is 1.85 bits per heavy atom. The van der Waals surface area contributed by atoms with E-state index in [0.29, 0.717) is 13.2 Å². The number of carbonyl (C=O) groups excluding carboxylic acids is 2. The number of hydrogen-bond donors (Lipinski definition) is 2. The molecule has 1 heterocycles. The summed E-state index contributed by atoms with van der Waals surface area (Å²) in [5.41, 5.74) is 3.83. The van der Waals surface area contributed by atoms with Crippen molar-refractivity contribution >= 4 is 17.5 Å². The number of fused-ring (bicyclic) bond motifs is 1. The van der Waals surface area contributed by atoms with Crippen LogP contribution in [0.5, 0.6) is 0 Å². The second kappa shape index (κ2) is 8.15. The van der Waals surface area contributed by atoms with Gasteiger partial charge in [-0.15, -0.1) is 0 Å². The van der Waals surface area contributed by atoms with Gasteiger partial charge in [0.15, 0.2) is 6.10 Å². The molecule has 0 fully saturated rings. The van der Waals surface area contributed by atoms with Gasteiger partial charge in [-0.05, 0) is 35.2 Å². The first-order chi connectivity index (χ1) is 12.5. The Hall–Kier alpha value is -2.66. The fraction of sp³-hybridized carbons (Fsp3) is 0.333. The highest BCUT2D eigenvalue weighted by Crippen LogP contribution is 2.27. The van der Waals surface area contributed by atoms with E-state index in [1.54, 1.807) is 0 Å². The molecule has 5 heteroatoms. The molecule has 2 amide bonds. The summed E-state index contributed by atoms with van der Waals surface area (Å²) in [4.78, 5) is 24.2. The lowest BCUT2D eigenvalue weighted by atomic mass is 9.97. The zero-order valence-corrected chi connectivity index (χ0v) is 15.1. The molecule has 0 saturated carbocycles. The third-order valence-corrected chi connectivity index (χ3v) is 4.44. The van der Waals surface area contributed by atoms with Gasteiger partial charge in [0.2, 0.25) is 5.91 Å². The summed E-state index contributed by atoms with van der Waals surface area (Å²) in [7, 11) is 0. The molecular formula is C21H24N2O3. The number of carbonyl (C=O) groups is 2. The molecule has 1 aliphatic rings. The van der Waals surface area contributed by atoms with Gasteiger partial charge in [-0.2, -0.15) is 0 Å². The van der Waals surface area contributed by atoms with Crippen molar-refractivity contribution in [3.63, 3.8) is 0 Å². The summed E-state index contributed by atoms with van der Waals surface area (Å²) >= 11 is 0. The minimum absolute atomic E-state index is 0.0147. The molecule has 2 N–H and O–H groups in total. The summed E-state index contributed by atoms with van der Waals surface area (Å²) < 4.78 is 5.68. The van der Waals surface area contributed by atoms with Crippen molar-refractivity contribution in [3.05, 3.63) is 65.2 Å². The number of nitrogens with one attached hydrogen (secondary N) is 2. The predicted molar refractivity (Wildman–Crippen MR) is 101 cm³/mol. The van der Waals surface area contributed by atoms with E-state index < -0.39 is 6.10 Å². The van der Waals surface area contributed by atoms with E-state index >= 15 is 0 Å². The van der Waals surface area contributed by atoms with Gasteiger partial charge in [-0.25, -0.2) is 0 Å². The fourth-order valence-corrected chi connectivity index (χ4v) is 2.89. The minimum atomic E-state index is -0.551. The van der Waals surface area contributed by atoms with Crippen LogP contribution in [0.25, 0.3) is 0 Å². The van der Waals surface area contributed by atoms with Gasteiger partial charge in [0.25, 0.3) is 5.91 Å². The van der Waals surface area contributed by atoms with E-state index in [9.17, 15) is 9.59 Å². The summed E-state index contributed by atoms with van der Waals surface area (Å²) in [6, 6.07) is 15.4. The SMILES string of the molecule is CC(C)C(=O)Nc1ccc(CNC(=O)C2OCCc3ccccc32)cc1. The maximum atomic E-state index is 12.5. The van der Waals surface area contributed by atoms with Gasteiger partial charge in [-0.1, -0.05) is 50.2 Å². The summed E-state index contributed by atoms with van der Waals surface area (Å²) in [6.07, 6.45) is 0.285. The molecule has 0 saturated heterocycles. The molecule has 5 nitrogen and oxygen atoms in total. The Bertz CT molecular complexity index is 784. The largest absolute Gasteiger partial charge is 0.363 e. The minimum Gasteiger partial charge on any atom is -0.363 e. The van der Waals surface area contributed by atoms with E-state index in [2.05, 4.69) is 10.6 Å². The molecule has 1 atom stereocenters. The number of ether oxygens (including phenoxy) is 1. The van der Waals surface area contributed by atoms with Gasteiger partial charge in [0, 0.05) is 18.2 Å². The van der Waals surface area contributed by atoms with Crippen molar-refractivity contribution in [2.45, 2.75) is 32.9 Å². The van der Waals surface area contributed by atoms with Crippen molar-refractivity contribution in [1.29, 1.82) is 0 Å². The Kier molecular flexibility index (Phi) is 5.68. The van der Waals surface area contributed by atoms with Crippen LogP contribution in [0.1, 0.15) is 36.6 Å². The van der Waals surface area contributed by atoms with Gasteiger partial charge >= 0.3 is 0 Å². The van der Waals surface area contributed by atoms with E-state index in [0.717, 1.165) is 23.2 Å². The molecule has 0 bridgehead atoms. The Balaban J connectivity index is 1.58. The predicted octanol–water partition coefficient (Wildman–Crippen LogP) is 3.21. The first kappa shape index (κ1) is 18.1. The summed E-state index contributed by atoms with van der Waals surface area (Å²) in [5.74, 6) is -0.208. The highest BCUT2D eigenvalue weighted by Gasteiger charge is 2.26. The lowest BCUT2D eigenvalue weighted by Crippen LogP contribution is -2.33. The van der Waals surface area contributed by atoms with E-state index in [4.69, 9.17) is 4.74 Å². The van der Waals surface area contributed by atoms with E-state index in [1.807, 2.05) is 62.4 Å². The van der Waals surface area contributed by atoms with Crippen molar-refractivity contribution in [1.82, 2.24) is 5.32 Å². The zero-order valence-electron chi connectivity index (χ0n) is 15.1. The number of hydrogen-bond acceptors (Lipinski definition) is 3. The van der Waals surface area contributed by atoms with Crippen LogP contribution in [0.4, 0.5) is 5.69 Å². The van der Waals surface area contributed by atoms with Crippen LogP contribution in [0.15, 0.2) is 48.5 Å². The van der Waals surface area contributed by atoms with Gasteiger partial charge in [-0.3, -0.25) is 9.59 Å². The molecule has 0 aromatic heterocycles. The molecule has 26 heavy (non-hydrogen) atoms. The lowest BCUT2D eigenvalue weighted by Gasteiger charge is -2.25. The normalized spacial score (nSPS) is 16.0. The van der Waals surface area contributed by atoms with Crippen LogP contribution in [0.3, 0.4) is 0 Å². The maximum absolute atomic E-state index is 12.5. The van der Waals surface area contributed by atoms with Crippen LogP contribution in [0.2, 0.25) is 0 Å². The standard InChI is InChI=1S/C21H24N2O3/c1-14(2)20(24)23-17-9-7-15(8-10-17)13-22-21(25)19-18-6-4-3-5-16(18)11-12-26-19/h3-10,14,19H,11-13H2,1-2H3,(H,22,25)(H,23,24). The highest BCUT2D eigenvalue weighted by molar-refractivity contribution is 5.92. The van der Waals surface area contributed by atoms with Crippen LogP contribution < -0.4 is 10.6 Å². The molecular weight excluding hydrogens is 328 g/mol. The second-order valence-corrected chi connectivity index (χ2v) is 6.76. The van der Waals surface area contributed by atoms with Crippen molar-refractivity contribution in [2.75, 3.05) is 11.9 Å². The average Bonchev–Trinajstić information content (AvgIpc) is 2.66. The third-order valence-electron chi connectivity index (χ3n) is 4.44. The molecule has 0 radical (unpaired) electrons. The molecule has 3 rings (SSSR count). The molecule has 2 aromatic carbocycles. The van der Waals surface area contributed by atoms with Crippen LogP contribution in [0, 0.1) is 5.92 Å². The first-order valence-electron chi connectivity index (χ1n) is 8.91. The first-order valence-corrected chi connectivity index (χ1v) is 8.91. The molecule has 1 unspecified atom stereocenters. The fourth-order valence-electron chi connectivity index (χ4n) is 2.89. The average molecular weight is 352 g/mol. The number of benzene rings is 2. The molecule has 2 aromatic rings. The van der Waals surface area contributed by atoms with Gasteiger partial charge in [0.1, 0.15) is 0 Å². The third kappa shape index (κ3) is 4.29. The van der Waals surface area contributed by atoms with Gasteiger partial charge in [0.05, 0.1) is 6.61 Å². The Labute approximate surface area is 153 Å². The highest BCUT2D eigenvalue weighted by atomic mass is 16.5. The monoisotopic (exact) mass is 352 g/mol. The quantitative estimate of drug-likeness (QED) is 0.868. The number of anilines is 1. The second-order valence-electron chi connectivity index (χ2n) is 6.76. The number of rotatable bonds is 5. The zero-order chi connectivity index (χ0) is 18.5. The molecule has 0 aliphatic carbocycles. The molecule has 136 valence electrons. The van der Waals surface area contributed by atoms with Crippen molar-refractivity contribution < 1.29 is 14.3 Å². The summed E-state index contributed by atoms with van der Waals surface area (Å²) in [5, 5.41) is 5.79. The lowest BCUT2D eigenvalue weighted by molar-refractivity contribution is -0.134. The van der Waals surface area contributed by atoms with E-state index in [-0.39, 0.29) is 17.7 Å². The smallest absolute Gasteiger partial charge is 0.254 e. The number of amides is 2. The Morgan fingerprint density at radius 1 is 1.12 bits per heavy atom. The maximum Gasteiger partial charge on any atom is 0.254 e. The van der Waals surface area contributed by atoms with Crippen LogP contribution in [-0.4, -0.2) is 18.4 Å². The molecule has 0 spiro atoms. The van der Waals surface area contributed by atoms with Crippen molar-refractivity contribution in [3.8, 4) is 0 Å². The molecule has 1 aliphatic heterocycles. The summed E-state index contributed by atoms with van der Waals surface area (Å²) in [6.45, 7) is 4.67.